The van der Waals surface area contributed by atoms with Gasteiger partial charge in [-0.1, -0.05) is 0 Å². The lowest BCUT2D eigenvalue weighted by Crippen LogP contribution is -2.14. The first-order valence-corrected chi connectivity index (χ1v) is 8.16. The predicted molar refractivity (Wildman–Crippen MR) is 82.6 cm³/mol. The number of halogens is 1. The van der Waals surface area contributed by atoms with Crippen LogP contribution in [0.3, 0.4) is 0 Å². The molecule has 2 aromatic rings. The number of aromatic nitrogens is 2. The number of hydrogen-bond acceptors (Lipinski definition) is 3. The fraction of sp³-hybridized carbons (Fsp3) is 0.250. The van der Waals surface area contributed by atoms with Gasteiger partial charge in [0.25, 0.3) is 10.0 Å². The third-order valence-electron chi connectivity index (χ3n) is 2.81. The van der Waals surface area contributed by atoms with Crippen molar-refractivity contribution < 1.29 is 8.42 Å². The fourth-order valence-corrected chi connectivity index (χ4v) is 3.73. The van der Waals surface area contributed by atoms with E-state index in [1.165, 1.54) is 0 Å². The molecule has 19 heavy (non-hydrogen) atoms. The van der Waals surface area contributed by atoms with E-state index in [4.69, 9.17) is 0 Å². The van der Waals surface area contributed by atoms with E-state index in [-0.39, 0.29) is 4.90 Å². The number of hydrogen-bond donors (Lipinski definition) is 1. The van der Waals surface area contributed by atoms with Crippen molar-refractivity contribution in [2.24, 2.45) is 7.05 Å². The average Bonchev–Trinajstić information content (AvgIpc) is 2.56. The zero-order valence-corrected chi connectivity index (χ0v) is 13.8. The Morgan fingerprint density at radius 3 is 2.26 bits per heavy atom. The van der Waals surface area contributed by atoms with E-state index in [0.29, 0.717) is 17.1 Å². The Balaban J connectivity index is 2.40. The molecular weight excluding hydrogens is 377 g/mol. The number of anilines is 1. The van der Waals surface area contributed by atoms with Gasteiger partial charge in [-0.05, 0) is 60.7 Å². The number of sulfonamides is 1. The van der Waals surface area contributed by atoms with Gasteiger partial charge in [-0.25, -0.2) is 8.42 Å². The van der Waals surface area contributed by atoms with Gasteiger partial charge in [-0.15, -0.1) is 0 Å². The Morgan fingerprint density at radius 1 is 1.21 bits per heavy atom. The molecule has 0 saturated heterocycles. The van der Waals surface area contributed by atoms with Crippen LogP contribution in [0.25, 0.3) is 0 Å². The van der Waals surface area contributed by atoms with E-state index in [1.807, 2.05) is 12.1 Å². The second-order valence-electron chi connectivity index (χ2n) is 4.24. The Bertz CT molecular complexity index is 705. The zero-order valence-electron chi connectivity index (χ0n) is 10.8. The first-order chi connectivity index (χ1) is 8.81. The van der Waals surface area contributed by atoms with Crippen molar-refractivity contribution in [2.45, 2.75) is 18.7 Å². The largest absolute Gasteiger partial charge is 0.280 e. The van der Waals surface area contributed by atoms with Crippen LogP contribution in [0.4, 0.5) is 5.69 Å². The molecule has 0 aliphatic rings. The summed E-state index contributed by atoms with van der Waals surface area (Å²) in [5.74, 6) is 0. The summed E-state index contributed by atoms with van der Waals surface area (Å²) in [6.07, 6.45) is 0. The molecule has 0 atom stereocenters. The van der Waals surface area contributed by atoms with E-state index in [9.17, 15) is 8.42 Å². The van der Waals surface area contributed by atoms with Gasteiger partial charge in [0.1, 0.15) is 4.90 Å². The lowest BCUT2D eigenvalue weighted by Gasteiger charge is -2.08. The van der Waals surface area contributed by atoms with Crippen molar-refractivity contribution in [1.82, 2.24) is 9.78 Å². The minimum Gasteiger partial charge on any atom is -0.280 e. The van der Waals surface area contributed by atoms with Gasteiger partial charge in [0.2, 0.25) is 0 Å². The molecule has 5 nitrogen and oxygen atoms in total. The quantitative estimate of drug-likeness (QED) is 0.818. The van der Waals surface area contributed by atoms with Crippen LogP contribution < -0.4 is 4.72 Å². The van der Waals surface area contributed by atoms with Gasteiger partial charge in [-0.3, -0.25) is 9.40 Å². The molecule has 0 aliphatic heterocycles. The second kappa shape index (κ2) is 5.12. The van der Waals surface area contributed by atoms with Crippen molar-refractivity contribution >= 4 is 38.3 Å². The topological polar surface area (TPSA) is 64.0 Å². The summed E-state index contributed by atoms with van der Waals surface area (Å²) in [7, 11) is -1.87. The molecule has 1 heterocycles. The van der Waals surface area contributed by atoms with Crippen LogP contribution in [-0.4, -0.2) is 18.2 Å². The summed E-state index contributed by atoms with van der Waals surface area (Å²) >= 11 is 2.17. The summed E-state index contributed by atoms with van der Waals surface area (Å²) in [4.78, 5) is 0.244. The van der Waals surface area contributed by atoms with Gasteiger partial charge in [-0.2, -0.15) is 5.10 Å². The summed E-state index contributed by atoms with van der Waals surface area (Å²) in [5.41, 5.74) is 1.66. The molecule has 0 amide bonds. The molecule has 1 aromatic heterocycles. The van der Waals surface area contributed by atoms with E-state index < -0.39 is 10.0 Å². The molecule has 0 radical (unpaired) electrons. The van der Waals surface area contributed by atoms with Gasteiger partial charge in [0, 0.05) is 16.3 Å². The van der Waals surface area contributed by atoms with Crippen LogP contribution in [0, 0.1) is 17.4 Å². The maximum Gasteiger partial charge on any atom is 0.265 e. The van der Waals surface area contributed by atoms with Crippen molar-refractivity contribution in [2.75, 3.05) is 4.72 Å². The molecule has 102 valence electrons. The number of aryl methyl sites for hydroxylation is 2. The van der Waals surface area contributed by atoms with Crippen LogP contribution in [0.15, 0.2) is 29.2 Å². The molecule has 0 spiro atoms. The lowest BCUT2D eigenvalue weighted by atomic mass is 10.3. The molecule has 0 fully saturated rings. The summed E-state index contributed by atoms with van der Waals surface area (Å²) in [6.45, 7) is 3.43. The smallest absolute Gasteiger partial charge is 0.265 e. The highest BCUT2D eigenvalue weighted by Crippen LogP contribution is 2.22. The molecule has 1 N–H and O–H groups in total. The molecule has 0 bridgehead atoms. The van der Waals surface area contributed by atoms with E-state index in [0.717, 1.165) is 3.57 Å². The Labute approximate surface area is 126 Å². The minimum absolute atomic E-state index is 0.244. The van der Waals surface area contributed by atoms with Gasteiger partial charge in [0.15, 0.2) is 0 Å². The average molecular weight is 391 g/mol. The molecule has 1 aromatic carbocycles. The number of nitrogens with one attached hydrogen (secondary N) is 1. The maximum absolute atomic E-state index is 12.4. The predicted octanol–water partition coefficient (Wildman–Crippen LogP) is 2.44. The SMILES string of the molecule is Cc1nn(C)c(C)c1S(=O)(=O)Nc1ccc(I)cc1. The van der Waals surface area contributed by atoms with Gasteiger partial charge >= 0.3 is 0 Å². The van der Waals surface area contributed by atoms with Gasteiger partial charge in [0.05, 0.1) is 11.4 Å². The highest BCUT2D eigenvalue weighted by Gasteiger charge is 2.23. The monoisotopic (exact) mass is 391 g/mol. The van der Waals surface area contributed by atoms with Crippen molar-refractivity contribution in [3.8, 4) is 0 Å². The molecule has 7 heteroatoms. The summed E-state index contributed by atoms with van der Waals surface area (Å²) < 4.78 is 29.9. The van der Waals surface area contributed by atoms with Crippen LogP contribution in [0.5, 0.6) is 0 Å². The van der Waals surface area contributed by atoms with E-state index in [2.05, 4.69) is 32.4 Å². The fourth-order valence-electron chi connectivity index (χ4n) is 1.87. The third kappa shape index (κ3) is 2.92. The molecule has 0 saturated carbocycles. The van der Waals surface area contributed by atoms with Crippen LogP contribution >= 0.6 is 22.6 Å². The Kier molecular flexibility index (Phi) is 3.86. The Morgan fingerprint density at radius 2 is 1.79 bits per heavy atom. The molecule has 0 unspecified atom stereocenters. The van der Waals surface area contributed by atoms with E-state index in [1.54, 1.807) is 37.7 Å². The van der Waals surface area contributed by atoms with Crippen LogP contribution in [-0.2, 0) is 17.1 Å². The lowest BCUT2D eigenvalue weighted by molar-refractivity contribution is 0.599. The van der Waals surface area contributed by atoms with E-state index >= 15 is 0 Å². The highest BCUT2D eigenvalue weighted by molar-refractivity contribution is 14.1. The van der Waals surface area contributed by atoms with Crippen molar-refractivity contribution in [3.05, 3.63) is 39.2 Å². The maximum atomic E-state index is 12.4. The molecule has 0 aliphatic carbocycles. The minimum atomic E-state index is -3.60. The Hall–Kier alpha value is -1.09. The van der Waals surface area contributed by atoms with Crippen LogP contribution in [0.1, 0.15) is 11.4 Å². The van der Waals surface area contributed by atoms with Crippen molar-refractivity contribution in [1.29, 1.82) is 0 Å². The number of rotatable bonds is 3. The third-order valence-corrected chi connectivity index (χ3v) is 5.16. The zero-order chi connectivity index (χ0) is 14.2. The first-order valence-electron chi connectivity index (χ1n) is 5.60. The molecule has 2 rings (SSSR count). The van der Waals surface area contributed by atoms with Crippen molar-refractivity contribution in [3.63, 3.8) is 0 Å². The first kappa shape index (κ1) is 14.3. The number of benzene rings is 1. The van der Waals surface area contributed by atoms with Crippen LogP contribution in [0.2, 0.25) is 0 Å². The number of nitrogens with zero attached hydrogens (tertiary/aromatic N) is 2. The molecular formula is C12H14IN3O2S. The summed E-state index contributed by atoms with van der Waals surface area (Å²) in [5, 5.41) is 4.13. The summed E-state index contributed by atoms with van der Waals surface area (Å²) in [6, 6.07) is 7.17. The highest BCUT2D eigenvalue weighted by atomic mass is 127. The van der Waals surface area contributed by atoms with Gasteiger partial charge < -0.3 is 0 Å². The normalized spacial score (nSPS) is 11.6. The standard InChI is InChI=1S/C12H14IN3O2S/c1-8-12(9(2)16(3)14-8)19(17,18)15-11-6-4-10(13)5-7-11/h4-7,15H,1-3H3. The second-order valence-corrected chi connectivity index (χ2v) is 7.10.